The van der Waals surface area contributed by atoms with Crippen molar-refractivity contribution in [2.75, 3.05) is 0 Å². The van der Waals surface area contributed by atoms with Crippen LogP contribution < -0.4 is 0 Å². The molecule has 3 nitrogen and oxygen atoms in total. The van der Waals surface area contributed by atoms with Crippen LogP contribution in [0.2, 0.25) is 0 Å². The molecular weight excluding hydrogens is 168 g/mol. The summed E-state index contributed by atoms with van der Waals surface area (Å²) in [5, 5.41) is 8.54. The smallest absolute Gasteiger partial charge is 0.328 e. The molecular formula is C10H16O3. The molecule has 3 heteroatoms. The van der Waals surface area contributed by atoms with Crippen LogP contribution >= 0.6 is 0 Å². The Labute approximate surface area is 78.5 Å². The highest BCUT2D eigenvalue weighted by atomic mass is 16.4. The molecule has 0 aliphatic heterocycles. The molecule has 0 spiro atoms. The molecule has 74 valence electrons. The zero-order valence-corrected chi connectivity index (χ0v) is 8.33. The number of ketones is 1. The van der Waals surface area contributed by atoms with Gasteiger partial charge in [-0.05, 0) is 19.3 Å². The standard InChI is InChI=1S/C10H16O3/c1-7(2)9(6-10(12)13)5-4-8(3)11/h6-7H,4-5H2,1-3H3,(H,12,13). The minimum absolute atomic E-state index is 0.0944. The van der Waals surface area contributed by atoms with Crippen molar-refractivity contribution < 1.29 is 14.7 Å². The van der Waals surface area contributed by atoms with Crippen LogP contribution in [0.25, 0.3) is 0 Å². The molecule has 0 amide bonds. The van der Waals surface area contributed by atoms with Gasteiger partial charge in [0.2, 0.25) is 0 Å². The number of carboxylic acids is 1. The molecule has 0 heterocycles. The van der Waals surface area contributed by atoms with Crippen molar-refractivity contribution in [1.82, 2.24) is 0 Å². The van der Waals surface area contributed by atoms with Crippen LogP contribution in [-0.2, 0) is 9.59 Å². The molecule has 1 N–H and O–H groups in total. The fourth-order valence-corrected chi connectivity index (χ4v) is 1.01. The third-order valence-corrected chi connectivity index (χ3v) is 1.82. The van der Waals surface area contributed by atoms with E-state index in [0.29, 0.717) is 12.8 Å². The minimum atomic E-state index is -0.938. The first-order valence-corrected chi connectivity index (χ1v) is 4.36. The Kier molecular flexibility index (Phi) is 5.04. The van der Waals surface area contributed by atoms with Crippen LogP contribution in [0.15, 0.2) is 11.6 Å². The van der Waals surface area contributed by atoms with Gasteiger partial charge in [-0.15, -0.1) is 0 Å². The molecule has 0 aliphatic carbocycles. The number of aliphatic carboxylic acids is 1. The molecule has 0 fully saturated rings. The number of rotatable bonds is 5. The molecule has 0 saturated heterocycles. The van der Waals surface area contributed by atoms with Crippen LogP contribution in [-0.4, -0.2) is 16.9 Å². The number of hydrogen-bond donors (Lipinski definition) is 1. The van der Waals surface area contributed by atoms with E-state index in [0.717, 1.165) is 5.57 Å². The summed E-state index contributed by atoms with van der Waals surface area (Å²) in [6, 6.07) is 0. The van der Waals surface area contributed by atoms with Gasteiger partial charge in [0.1, 0.15) is 5.78 Å². The lowest BCUT2D eigenvalue weighted by Crippen LogP contribution is -2.01. The van der Waals surface area contributed by atoms with Crippen molar-refractivity contribution in [2.24, 2.45) is 5.92 Å². The number of hydrogen-bond acceptors (Lipinski definition) is 2. The first-order valence-electron chi connectivity index (χ1n) is 4.36. The van der Waals surface area contributed by atoms with E-state index in [-0.39, 0.29) is 11.7 Å². The second kappa shape index (κ2) is 5.51. The third-order valence-electron chi connectivity index (χ3n) is 1.82. The van der Waals surface area contributed by atoms with E-state index in [1.54, 1.807) is 0 Å². The summed E-state index contributed by atoms with van der Waals surface area (Å²) < 4.78 is 0. The molecule has 0 unspecified atom stereocenters. The highest BCUT2D eigenvalue weighted by Crippen LogP contribution is 2.15. The lowest BCUT2D eigenvalue weighted by atomic mass is 9.97. The molecule has 0 atom stereocenters. The van der Waals surface area contributed by atoms with Gasteiger partial charge < -0.3 is 9.90 Å². The Morgan fingerprint density at radius 3 is 2.15 bits per heavy atom. The van der Waals surface area contributed by atoms with Crippen molar-refractivity contribution in [1.29, 1.82) is 0 Å². The maximum atomic E-state index is 10.7. The summed E-state index contributed by atoms with van der Waals surface area (Å²) in [7, 11) is 0. The zero-order valence-electron chi connectivity index (χ0n) is 8.33. The van der Waals surface area contributed by atoms with Crippen LogP contribution in [0.1, 0.15) is 33.6 Å². The second-order valence-electron chi connectivity index (χ2n) is 3.41. The van der Waals surface area contributed by atoms with Gasteiger partial charge in [0.05, 0.1) is 0 Å². The molecule has 0 aromatic heterocycles. The Bertz CT molecular complexity index is 226. The van der Waals surface area contributed by atoms with Gasteiger partial charge in [-0.3, -0.25) is 0 Å². The van der Waals surface area contributed by atoms with E-state index in [1.165, 1.54) is 13.0 Å². The number of carboxylic acid groups (broad SMARTS) is 1. The summed E-state index contributed by atoms with van der Waals surface area (Å²) in [6.07, 6.45) is 2.18. The van der Waals surface area contributed by atoms with Crippen LogP contribution in [0.3, 0.4) is 0 Å². The zero-order chi connectivity index (χ0) is 10.4. The van der Waals surface area contributed by atoms with Crippen molar-refractivity contribution in [2.45, 2.75) is 33.6 Å². The quantitative estimate of drug-likeness (QED) is 0.665. The van der Waals surface area contributed by atoms with Crippen molar-refractivity contribution >= 4 is 11.8 Å². The average Bonchev–Trinajstić information content (AvgIpc) is 1.96. The third kappa shape index (κ3) is 6.08. The van der Waals surface area contributed by atoms with E-state index in [2.05, 4.69) is 0 Å². The topological polar surface area (TPSA) is 54.4 Å². The maximum absolute atomic E-state index is 10.7. The van der Waals surface area contributed by atoms with Crippen molar-refractivity contribution in [3.05, 3.63) is 11.6 Å². The van der Waals surface area contributed by atoms with E-state index in [1.807, 2.05) is 13.8 Å². The van der Waals surface area contributed by atoms with Crippen LogP contribution in [0, 0.1) is 5.92 Å². The predicted octanol–water partition coefficient (Wildman–Crippen LogP) is 2.02. The first kappa shape index (κ1) is 11.9. The predicted molar refractivity (Wildman–Crippen MR) is 50.5 cm³/mol. The van der Waals surface area contributed by atoms with Gasteiger partial charge in [-0.2, -0.15) is 0 Å². The number of carbonyl (C=O) groups excluding carboxylic acids is 1. The van der Waals surface area contributed by atoms with Crippen molar-refractivity contribution in [3.8, 4) is 0 Å². The van der Waals surface area contributed by atoms with Crippen LogP contribution in [0.5, 0.6) is 0 Å². The SMILES string of the molecule is CC(=O)CCC(=CC(=O)O)C(C)C. The van der Waals surface area contributed by atoms with Gasteiger partial charge in [-0.1, -0.05) is 19.4 Å². The first-order chi connectivity index (χ1) is 5.93. The summed E-state index contributed by atoms with van der Waals surface area (Å²) in [6.45, 7) is 5.36. The maximum Gasteiger partial charge on any atom is 0.328 e. The summed E-state index contributed by atoms with van der Waals surface area (Å²) in [5.74, 6) is -0.653. The van der Waals surface area contributed by atoms with Gasteiger partial charge in [0.15, 0.2) is 0 Å². The Hall–Kier alpha value is -1.12. The van der Waals surface area contributed by atoms with E-state index in [4.69, 9.17) is 5.11 Å². The minimum Gasteiger partial charge on any atom is -0.478 e. The summed E-state index contributed by atoms with van der Waals surface area (Å²) in [4.78, 5) is 21.1. The Morgan fingerprint density at radius 2 is 1.85 bits per heavy atom. The molecule has 13 heavy (non-hydrogen) atoms. The molecule has 0 radical (unpaired) electrons. The molecule has 0 saturated carbocycles. The van der Waals surface area contributed by atoms with Crippen molar-refractivity contribution in [3.63, 3.8) is 0 Å². The highest BCUT2D eigenvalue weighted by Gasteiger charge is 2.06. The molecule has 0 aromatic carbocycles. The number of allylic oxidation sites excluding steroid dienone is 1. The molecule has 0 rings (SSSR count). The lowest BCUT2D eigenvalue weighted by molar-refractivity contribution is -0.131. The molecule has 0 aliphatic rings. The van der Waals surface area contributed by atoms with Crippen LogP contribution in [0.4, 0.5) is 0 Å². The largest absolute Gasteiger partial charge is 0.478 e. The normalized spacial score (nSPS) is 11.8. The Morgan fingerprint density at radius 1 is 1.31 bits per heavy atom. The number of carbonyl (C=O) groups is 2. The number of Topliss-reactive ketones (excluding diaryl/α,β-unsaturated/α-hetero) is 1. The summed E-state index contributed by atoms with van der Waals surface area (Å²) in [5.41, 5.74) is 0.822. The van der Waals surface area contributed by atoms with Gasteiger partial charge in [-0.25, -0.2) is 4.79 Å². The van der Waals surface area contributed by atoms with Gasteiger partial charge in [0.25, 0.3) is 0 Å². The van der Waals surface area contributed by atoms with E-state index >= 15 is 0 Å². The fraction of sp³-hybridized carbons (Fsp3) is 0.600. The summed E-state index contributed by atoms with van der Waals surface area (Å²) >= 11 is 0. The monoisotopic (exact) mass is 184 g/mol. The van der Waals surface area contributed by atoms with Gasteiger partial charge >= 0.3 is 5.97 Å². The molecule has 0 aromatic rings. The van der Waals surface area contributed by atoms with E-state index in [9.17, 15) is 9.59 Å². The van der Waals surface area contributed by atoms with E-state index < -0.39 is 5.97 Å². The fourth-order valence-electron chi connectivity index (χ4n) is 1.01. The van der Waals surface area contributed by atoms with Gasteiger partial charge in [0, 0.05) is 12.5 Å². The second-order valence-corrected chi connectivity index (χ2v) is 3.41. The molecule has 0 bridgehead atoms. The Balaban J connectivity index is 4.27. The lowest BCUT2D eigenvalue weighted by Gasteiger charge is -2.08. The highest BCUT2D eigenvalue weighted by molar-refractivity contribution is 5.81. The average molecular weight is 184 g/mol.